The minimum atomic E-state index is 0.746. The van der Waals surface area contributed by atoms with E-state index in [1.54, 1.807) is 0 Å². The summed E-state index contributed by atoms with van der Waals surface area (Å²) in [4.78, 5) is 0. The van der Waals surface area contributed by atoms with Crippen LogP contribution >= 0.6 is 0 Å². The van der Waals surface area contributed by atoms with E-state index >= 15 is 0 Å². The fourth-order valence-corrected chi connectivity index (χ4v) is 2.54. The molecule has 0 aliphatic heterocycles. The molecule has 0 atom stereocenters. The Hall–Kier alpha value is -1.28. The van der Waals surface area contributed by atoms with Crippen molar-refractivity contribution in [2.75, 3.05) is 13.1 Å². The predicted octanol–water partition coefficient (Wildman–Crippen LogP) is 3.98. The molecule has 104 valence electrons. The van der Waals surface area contributed by atoms with Crippen molar-refractivity contribution >= 4 is 10.9 Å². The van der Waals surface area contributed by atoms with E-state index in [9.17, 15) is 0 Å². The fourth-order valence-electron chi connectivity index (χ4n) is 2.54. The number of nitrogens with one attached hydrogen (secondary N) is 1. The second-order valence-electron chi connectivity index (χ2n) is 5.83. The van der Waals surface area contributed by atoms with Crippen molar-refractivity contribution in [3.8, 4) is 0 Å². The lowest BCUT2D eigenvalue weighted by molar-refractivity contribution is 0.522. The second-order valence-corrected chi connectivity index (χ2v) is 5.83. The van der Waals surface area contributed by atoms with E-state index in [1.807, 2.05) is 0 Å². The maximum Gasteiger partial charge on any atom is 0.0483 e. The zero-order valence-electron chi connectivity index (χ0n) is 12.4. The second kappa shape index (κ2) is 6.76. The first kappa shape index (κ1) is 14.1. The first-order valence-electron chi connectivity index (χ1n) is 7.43. The first-order valence-corrected chi connectivity index (χ1v) is 7.43. The molecule has 0 spiro atoms. The predicted molar refractivity (Wildman–Crippen MR) is 83.6 cm³/mol. The third-order valence-corrected chi connectivity index (χ3v) is 3.54. The van der Waals surface area contributed by atoms with E-state index in [0.717, 1.165) is 25.6 Å². The molecule has 1 aromatic carbocycles. The maximum absolute atomic E-state index is 3.50. The molecule has 0 fully saturated rings. The van der Waals surface area contributed by atoms with Gasteiger partial charge in [-0.05, 0) is 50.4 Å². The van der Waals surface area contributed by atoms with Crippen LogP contribution in [0, 0.1) is 12.8 Å². The van der Waals surface area contributed by atoms with Crippen molar-refractivity contribution in [2.24, 2.45) is 5.92 Å². The van der Waals surface area contributed by atoms with E-state index in [0.29, 0.717) is 0 Å². The highest BCUT2D eigenvalue weighted by Gasteiger charge is 2.03. The van der Waals surface area contributed by atoms with Gasteiger partial charge in [-0.15, -0.1) is 0 Å². The van der Waals surface area contributed by atoms with Crippen molar-refractivity contribution in [2.45, 2.75) is 40.2 Å². The largest absolute Gasteiger partial charge is 0.347 e. The number of rotatable bonds is 7. The summed E-state index contributed by atoms with van der Waals surface area (Å²) in [5.74, 6) is 0.746. The SMILES string of the molecule is Cc1cn(CCCCNCC(C)C)c2ccccc12. The summed E-state index contributed by atoms with van der Waals surface area (Å²) in [5, 5.41) is 4.89. The van der Waals surface area contributed by atoms with E-state index < -0.39 is 0 Å². The van der Waals surface area contributed by atoms with E-state index in [4.69, 9.17) is 0 Å². The van der Waals surface area contributed by atoms with Crippen molar-refractivity contribution < 1.29 is 0 Å². The average Bonchev–Trinajstić information content (AvgIpc) is 2.71. The van der Waals surface area contributed by atoms with Gasteiger partial charge < -0.3 is 9.88 Å². The van der Waals surface area contributed by atoms with Crippen LogP contribution in [0.2, 0.25) is 0 Å². The molecule has 0 bridgehead atoms. The van der Waals surface area contributed by atoms with Crippen LogP contribution in [-0.2, 0) is 6.54 Å². The lowest BCUT2D eigenvalue weighted by Crippen LogP contribution is -2.20. The average molecular weight is 258 g/mol. The van der Waals surface area contributed by atoms with Gasteiger partial charge in [-0.25, -0.2) is 0 Å². The lowest BCUT2D eigenvalue weighted by atomic mass is 10.2. The molecule has 0 radical (unpaired) electrons. The smallest absolute Gasteiger partial charge is 0.0483 e. The minimum Gasteiger partial charge on any atom is -0.347 e. The van der Waals surface area contributed by atoms with Gasteiger partial charge in [-0.3, -0.25) is 0 Å². The van der Waals surface area contributed by atoms with Crippen molar-refractivity contribution in [3.63, 3.8) is 0 Å². The summed E-state index contributed by atoms with van der Waals surface area (Å²) in [6.07, 6.45) is 4.77. The number of hydrogen-bond donors (Lipinski definition) is 1. The van der Waals surface area contributed by atoms with Crippen LogP contribution in [0.3, 0.4) is 0 Å². The number of hydrogen-bond acceptors (Lipinski definition) is 1. The molecular weight excluding hydrogens is 232 g/mol. The molecule has 0 unspecified atom stereocenters. The molecular formula is C17H26N2. The summed E-state index contributed by atoms with van der Waals surface area (Å²) in [7, 11) is 0. The molecule has 2 aromatic rings. The Balaban J connectivity index is 1.82. The normalized spacial score (nSPS) is 11.6. The molecule has 1 heterocycles. The highest BCUT2D eigenvalue weighted by molar-refractivity contribution is 5.83. The third-order valence-electron chi connectivity index (χ3n) is 3.54. The Morgan fingerprint density at radius 1 is 1.16 bits per heavy atom. The first-order chi connectivity index (χ1) is 9.18. The molecule has 19 heavy (non-hydrogen) atoms. The van der Waals surface area contributed by atoms with Gasteiger partial charge >= 0.3 is 0 Å². The molecule has 0 saturated heterocycles. The minimum absolute atomic E-state index is 0.746. The topological polar surface area (TPSA) is 17.0 Å². The van der Waals surface area contributed by atoms with Crippen LogP contribution in [0.4, 0.5) is 0 Å². The number of aromatic nitrogens is 1. The molecule has 0 aliphatic rings. The molecule has 0 aliphatic carbocycles. The monoisotopic (exact) mass is 258 g/mol. The van der Waals surface area contributed by atoms with Gasteiger partial charge in [0.1, 0.15) is 0 Å². The van der Waals surface area contributed by atoms with Crippen LogP contribution < -0.4 is 5.32 Å². The van der Waals surface area contributed by atoms with Gasteiger partial charge in [0.25, 0.3) is 0 Å². The van der Waals surface area contributed by atoms with E-state index in [-0.39, 0.29) is 0 Å². The summed E-state index contributed by atoms with van der Waals surface area (Å²) >= 11 is 0. The number of fused-ring (bicyclic) bond motifs is 1. The molecule has 2 heteroatoms. The van der Waals surface area contributed by atoms with E-state index in [2.05, 4.69) is 61.1 Å². The summed E-state index contributed by atoms with van der Waals surface area (Å²) in [6.45, 7) is 10.1. The molecule has 2 nitrogen and oxygen atoms in total. The molecule has 0 amide bonds. The van der Waals surface area contributed by atoms with Gasteiger partial charge in [-0.2, -0.15) is 0 Å². The van der Waals surface area contributed by atoms with Gasteiger partial charge in [-0.1, -0.05) is 32.0 Å². The van der Waals surface area contributed by atoms with Crippen LogP contribution in [-0.4, -0.2) is 17.7 Å². The molecule has 2 rings (SSSR count). The number of aryl methyl sites for hydroxylation is 2. The fraction of sp³-hybridized carbons (Fsp3) is 0.529. The summed E-state index contributed by atoms with van der Waals surface area (Å²) in [5.41, 5.74) is 2.75. The standard InChI is InChI=1S/C17H26N2/c1-14(2)12-18-10-6-7-11-19-13-15(3)16-8-4-5-9-17(16)19/h4-5,8-9,13-14,18H,6-7,10-12H2,1-3H3. The van der Waals surface area contributed by atoms with Crippen LogP contribution in [0.1, 0.15) is 32.3 Å². The zero-order chi connectivity index (χ0) is 13.7. The highest BCUT2D eigenvalue weighted by atomic mass is 15.0. The number of unbranched alkanes of at least 4 members (excludes halogenated alkanes) is 1. The third kappa shape index (κ3) is 3.84. The summed E-state index contributed by atoms with van der Waals surface area (Å²) in [6, 6.07) is 8.68. The van der Waals surface area contributed by atoms with Crippen LogP contribution in [0.15, 0.2) is 30.5 Å². The number of para-hydroxylation sites is 1. The quantitative estimate of drug-likeness (QED) is 0.743. The van der Waals surface area contributed by atoms with Crippen molar-refractivity contribution in [3.05, 3.63) is 36.0 Å². The Labute approximate surface area is 116 Å². The summed E-state index contributed by atoms with van der Waals surface area (Å²) < 4.78 is 2.40. The number of benzene rings is 1. The Kier molecular flexibility index (Phi) is 5.03. The Bertz CT molecular complexity index is 511. The Morgan fingerprint density at radius 2 is 1.95 bits per heavy atom. The van der Waals surface area contributed by atoms with Gasteiger partial charge in [0.15, 0.2) is 0 Å². The van der Waals surface area contributed by atoms with Crippen LogP contribution in [0.5, 0.6) is 0 Å². The van der Waals surface area contributed by atoms with E-state index in [1.165, 1.54) is 29.3 Å². The zero-order valence-corrected chi connectivity index (χ0v) is 12.4. The highest BCUT2D eigenvalue weighted by Crippen LogP contribution is 2.20. The van der Waals surface area contributed by atoms with Gasteiger partial charge in [0, 0.05) is 23.6 Å². The molecule has 0 saturated carbocycles. The molecule has 1 aromatic heterocycles. The maximum atomic E-state index is 3.50. The Morgan fingerprint density at radius 3 is 2.74 bits per heavy atom. The van der Waals surface area contributed by atoms with Crippen LogP contribution in [0.25, 0.3) is 10.9 Å². The van der Waals surface area contributed by atoms with Crippen molar-refractivity contribution in [1.29, 1.82) is 0 Å². The number of nitrogens with zero attached hydrogens (tertiary/aromatic N) is 1. The lowest BCUT2D eigenvalue weighted by Gasteiger charge is -2.08. The molecule has 1 N–H and O–H groups in total. The van der Waals surface area contributed by atoms with Gasteiger partial charge in [0.05, 0.1) is 0 Å². The van der Waals surface area contributed by atoms with Gasteiger partial charge in [0.2, 0.25) is 0 Å². The van der Waals surface area contributed by atoms with Crippen molar-refractivity contribution in [1.82, 2.24) is 9.88 Å².